The smallest absolute Gasteiger partial charge is 0.255 e. The second kappa shape index (κ2) is 9.18. The van der Waals surface area contributed by atoms with Crippen molar-refractivity contribution in [2.24, 2.45) is 5.92 Å². The average Bonchev–Trinajstić information content (AvgIpc) is 2.70. The molecule has 142 valence electrons. The number of rotatable bonds is 5. The SMILES string of the molecule is Cc1ccc(NC(=O)c2ccc(CNC(=O)C3CCCCC3)cc2)cc1Br. The van der Waals surface area contributed by atoms with Crippen LogP contribution in [0.5, 0.6) is 0 Å². The fourth-order valence-electron chi connectivity index (χ4n) is 3.35. The fraction of sp³-hybridized carbons (Fsp3) is 0.364. The lowest BCUT2D eigenvalue weighted by molar-refractivity contribution is -0.126. The fourth-order valence-corrected chi connectivity index (χ4v) is 3.72. The number of nitrogens with one attached hydrogen (secondary N) is 2. The molecule has 2 aromatic rings. The molecule has 2 N–H and O–H groups in total. The highest BCUT2D eigenvalue weighted by Gasteiger charge is 2.20. The third kappa shape index (κ3) is 5.42. The summed E-state index contributed by atoms with van der Waals surface area (Å²) in [5, 5.41) is 5.92. The van der Waals surface area contributed by atoms with Crippen molar-refractivity contribution in [1.82, 2.24) is 5.32 Å². The molecule has 0 spiro atoms. The van der Waals surface area contributed by atoms with Gasteiger partial charge in [-0.05, 0) is 55.2 Å². The Morgan fingerprint density at radius 2 is 1.74 bits per heavy atom. The third-order valence-corrected chi connectivity index (χ3v) is 5.94. The van der Waals surface area contributed by atoms with Gasteiger partial charge in [-0.2, -0.15) is 0 Å². The van der Waals surface area contributed by atoms with Crippen molar-refractivity contribution in [3.63, 3.8) is 0 Å². The van der Waals surface area contributed by atoms with Crippen LogP contribution >= 0.6 is 15.9 Å². The minimum atomic E-state index is -0.149. The van der Waals surface area contributed by atoms with Crippen LogP contribution < -0.4 is 10.6 Å². The molecule has 0 bridgehead atoms. The van der Waals surface area contributed by atoms with Gasteiger partial charge in [-0.1, -0.05) is 53.4 Å². The Hall–Kier alpha value is -2.14. The van der Waals surface area contributed by atoms with Crippen LogP contribution in [0.2, 0.25) is 0 Å². The molecule has 1 aliphatic rings. The van der Waals surface area contributed by atoms with E-state index in [9.17, 15) is 9.59 Å². The van der Waals surface area contributed by atoms with Crippen molar-refractivity contribution in [2.75, 3.05) is 5.32 Å². The molecule has 27 heavy (non-hydrogen) atoms. The molecule has 0 saturated heterocycles. The maximum atomic E-state index is 12.4. The molecule has 1 saturated carbocycles. The molecule has 2 aromatic carbocycles. The summed E-state index contributed by atoms with van der Waals surface area (Å²) in [5.41, 5.74) is 3.46. The first-order valence-corrected chi connectivity index (χ1v) is 10.3. The molecule has 0 unspecified atom stereocenters. The quantitative estimate of drug-likeness (QED) is 0.686. The maximum absolute atomic E-state index is 12.4. The number of hydrogen-bond donors (Lipinski definition) is 2. The molecular formula is C22H25BrN2O2. The maximum Gasteiger partial charge on any atom is 0.255 e. The summed E-state index contributed by atoms with van der Waals surface area (Å²) < 4.78 is 0.962. The van der Waals surface area contributed by atoms with E-state index in [-0.39, 0.29) is 17.7 Å². The number of carbonyl (C=O) groups is 2. The highest BCUT2D eigenvalue weighted by Crippen LogP contribution is 2.24. The van der Waals surface area contributed by atoms with Crippen LogP contribution in [-0.4, -0.2) is 11.8 Å². The molecule has 3 rings (SSSR count). The van der Waals surface area contributed by atoms with Crippen molar-refractivity contribution >= 4 is 33.4 Å². The number of aryl methyl sites for hydroxylation is 1. The molecular weight excluding hydrogens is 404 g/mol. The Labute approximate surface area is 168 Å². The largest absolute Gasteiger partial charge is 0.352 e. The zero-order valence-corrected chi connectivity index (χ0v) is 17.1. The minimum Gasteiger partial charge on any atom is -0.352 e. The van der Waals surface area contributed by atoms with E-state index in [1.165, 1.54) is 6.42 Å². The van der Waals surface area contributed by atoms with Crippen LogP contribution in [0.25, 0.3) is 0 Å². The third-order valence-electron chi connectivity index (χ3n) is 5.09. The average molecular weight is 429 g/mol. The summed E-state index contributed by atoms with van der Waals surface area (Å²) >= 11 is 3.47. The van der Waals surface area contributed by atoms with E-state index in [4.69, 9.17) is 0 Å². The number of anilines is 1. The molecule has 0 heterocycles. The highest BCUT2D eigenvalue weighted by molar-refractivity contribution is 9.10. The predicted octanol–water partition coefficient (Wildman–Crippen LogP) is 5.21. The van der Waals surface area contributed by atoms with Gasteiger partial charge in [0.2, 0.25) is 5.91 Å². The lowest BCUT2D eigenvalue weighted by Crippen LogP contribution is -2.31. The van der Waals surface area contributed by atoms with E-state index in [1.54, 1.807) is 12.1 Å². The van der Waals surface area contributed by atoms with Gasteiger partial charge in [-0.15, -0.1) is 0 Å². The number of benzene rings is 2. The first-order valence-electron chi connectivity index (χ1n) is 9.47. The molecule has 0 aliphatic heterocycles. The Morgan fingerprint density at radius 1 is 1.04 bits per heavy atom. The van der Waals surface area contributed by atoms with Crippen LogP contribution in [0, 0.1) is 12.8 Å². The highest BCUT2D eigenvalue weighted by atomic mass is 79.9. The number of hydrogen-bond acceptors (Lipinski definition) is 2. The first kappa shape index (κ1) is 19.6. The van der Waals surface area contributed by atoms with Gasteiger partial charge in [0.05, 0.1) is 0 Å². The van der Waals surface area contributed by atoms with Crippen LogP contribution in [0.3, 0.4) is 0 Å². The van der Waals surface area contributed by atoms with Gasteiger partial charge >= 0.3 is 0 Å². The zero-order chi connectivity index (χ0) is 19.2. The summed E-state index contributed by atoms with van der Waals surface area (Å²) in [6, 6.07) is 13.1. The monoisotopic (exact) mass is 428 g/mol. The van der Waals surface area contributed by atoms with Gasteiger partial charge in [-0.25, -0.2) is 0 Å². The molecule has 5 heteroatoms. The van der Waals surface area contributed by atoms with Crippen LogP contribution in [0.4, 0.5) is 5.69 Å². The zero-order valence-electron chi connectivity index (χ0n) is 15.6. The van der Waals surface area contributed by atoms with Crippen molar-refractivity contribution in [2.45, 2.75) is 45.6 Å². The topological polar surface area (TPSA) is 58.2 Å². The normalized spacial score (nSPS) is 14.6. The second-order valence-corrected chi connectivity index (χ2v) is 8.02. The van der Waals surface area contributed by atoms with Crippen molar-refractivity contribution in [3.05, 3.63) is 63.6 Å². The number of halogens is 1. The molecule has 4 nitrogen and oxygen atoms in total. The van der Waals surface area contributed by atoms with Gasteiger partial charge in [-0.3, -0.25) is 9.59 Å². The second-order valence-electron chi connectivity index (χ2n) is 7.17. The Bertz CT molecular complexity index is 812. The van der Waals surface area contributed by atoms with E-state index in [1.807, 2.05) is 37.3 Å². The van der Waals surface area contributed by atoms with Crippen LogP contribution in [0.15, 0.2) is 46.9 Å². The van der Waals surface area contributed by atoms with Crippen LogP contribution in [0.1, 0.15) is 53.6 Å². The van der Waals surface area contributed by atoms with Crippen molar-refractivity contribution in [3.8, 4) is 0 Å². The van der Waals surface area contributed by atoms with Crippen molar-refractivity contribution < 1.29 is 9.59 Å². The standard InChI is InChI=1S/C22H25BrN2O2/c1-15-7-12-19(13-20(15)23)25-22(27)18-10-8-16(9-11-18)14-24-21(26)17-5-3-2-4-6-17/h7-13,17H,2-6,14H2,1H3,(H,24,26)(H,25,27). The van der Waals surface area contributed by atoms with Crippen LogP contribution in [-0.2, 0) is 11.3 Å². The molecule has 0 aromatic heterocycles. The number of carbonyl (C=O) groups excluding carboxylic acids is 2. The van der Waals surface area contributed by atoms with E-state index in [0.717, 1.165) is 47.0 Å². The van der Waals surface area contributed by atoms with E-state index < -0.39 is 0 Å². The summed E-state index contributed by atoms with van der Waals surface area (Å²) in [6.07, 6.45) is 5.55. The minimum absolute atomic E-state index is 0.149. The molecule has 2 amide bonds. The van der Waals surface area contributed by atoms with Gasteiger partial charge in [0.1, 0.15) is 0 Å². The lowest BCUT2D eigenvalue weighted by Gasteiger charge is -2.20. The summed E-state index contributed by atoms with van der Waals surface area (Å²) in [4.78, 5) is 24.6. The Morgan fingerprint density at radius 3 is 2.41 bits per heavy atom. The predicted molar refractivity (Wildman–Crippen MR) is 112 cm³/mol. The van der Waals surface area contributed by atoms with Gasteiger partial charge in [0.15, 0.2) is 0 Å². The summed E-state index contributed by atoms with van der Waals surface area (Å²) in [6.45, 7) is 2.50. The summed E-state index contributed by atoms with van der Waals surface area (Å²) in [5.74, 6) is 0.169. The van der Waals surface area contributed by atoms with E-state index in [0.29, 0.717) is 12.1 Å². The molecule has 0 atom stereocenters. The Kier molecular flexibility index (Phi) is 6.67. The molecule has 0 radical (unpaired) electrons. The van der Waals surface area contributed by atoms with E-state index in [2.05, 4.69) is 26.6 Å². The Balaban J connectivity index is 1.53. The number of amides is 2. The van der Waals surface area contributed by atoms with E-state index >= 15 is 0 Å². The first-order chi connectivity index (χ1) is 13.0. The van der Waals surface area contributed by atoms with Crippen molar-refractivity contribution in [1.29, 1.82) is 0 Å². The molecule has 1 fully saturated rings. The molecule has 1 aliphatic carbocycles. The van der Waals surface area contributed by atoms with Gasteiger partial charge < -0.3 is 10.6 Å². The lowest BCUT2D eigenvalue weighted by atomic mass is 9.88. The van der Waals surface area contributed by atoms with Gasteiger partial charge in [0, 0.05) is 28.2 Å². The summed E-state index contributed by atoms with van der Waals surface area (Å²) in [7, 11) is 0. The van der Waals surface area contributed by atoms with Gasteiger partial charge in [0.25, 0.3) is 5.91 Å².